The Morgan fingerprint density at radius 1 is 1.00 bits per heavy atom. The number of hydrogen-bond acceptors (Lipinski definition) is 2. The maximum Gasteiger partial charge on any atom is 0.338 e. The van der Waals surface area contributed by atoms with E-state index in [2.05, 4.69) is 5.32 Å². The Bertz CT molecular complexity index is 659. The molecule has 0 amide bonds. The van der Waals surface area contributed by atoms with Crippen molar-refractivity contribution < 1.29 is 23.1 Å². The van der Waals surface area contributed by atoms with Crippen molar-refractivity contribution in [1.29, 1.82) is 0 Å². The SMILES string of the molecule is O=C(O)c1ccc(CNc2ccc(F)c(F)c2)cc1F. The second-order valence-electron chi connectivity index (χ2n) is 4.10. The normalized spacial score (nSPS) is 10.3. The Balaban J connectivity index is 2.09. The lowest BCUT2D eigenvalue weighted by Gasteiger charge is -2.08. The van der Waals surface area contributed by atoms with Crippen LogP contribution in [0.1, 0.15) is 15.9 Å². The van der Waals surface area contributed by atoms with Crippen LogP contribution in [0.25, 0.3) is 0 Å². The monoisotopic (exact) mass is 281 g/mol. The maximum atomic E-state index is 13.4. The molecule has 0 fully saturated rings. The first kappa shape index (κ1) is 13.9. The summed E-state index contributed by atoms with van der Waals surface area (Å²) in [6, 6.07) is 6.99. The third kappa shape index (κ3) is 3.09. The lowest BCUT2D eigenvalue weighted by Crippen LogP contribution is -2.04. The Morgan fingerprint density at radius 2 is 1.75 bits per heavy atom. The van der Waals surface area contributed by atoms with E-state index in [4.69, 9.17) is 5.11 Å². The molecule has 0 radical (unpaired) electrons. The fourth-order valence-corrected chi connectivity index (χ4v) is 1.65. The molecule has 0 unspecified atom stereocenters. The fourth-order valence-electron chi connectivity index (χ4n) is 1.65. The molecule has 2 aromatic carbocycles. The summed E-state index contributed by atoms with van der Waals surface area (Å²) in [5.41, 5.74) is 0.408. The molecule has 0 aliphatic carbocycles. The van der Waals surface area contributed by atoms with Crippen molar-refractivity contribution >= 4 is 11.7 Å². The van der Waals surface area contributed by atoms with Crippen molar-refractivity contribution in [1.82, 2.24) is 0 Å². The van der Waals surface area contributed by atoms with Crippen LogP contribution >= 0.6 is 0 Å². The highest BCUT2D eigenvalue weighted by Gasteiger charge is 2.10. The lowest BCUT2D eigenvalue weighted by atomic mass is 10.1. The molecule has 0 saturated carbocycles. The molecule has 0 aliphatic heterocycles. The fraction of sp³-hybridized carbons (Fsp3) is 0.0714. The van der Waals surface area contributed by atoms with Crippen molar-refractivity contribution in [3.8, 4) is 0 Å². The first-order chi connectivity index (χ1) is 9.47. The van der Waals surface area contributed by atoms with Crippen molar-refractivity contribution in [2.45, 2.75) is 6.54 Å². The summed E-state index contributed by atoms with van der Waals surface area (Å²) in [6.45, 7) is 0.155. The van der Waals surface area contributed by atoms with Crippen LogP contribution in [0, 0.1) is 17.5 Å². The molecule has 20 heavy (non-hydrogen) atoms. The minimum Gasteiger partial charge on any atom is -0.478 e. The summed E-state index contributed by atoms with van der Waals surface area (Å²) in [6.07, 6.45) is 0. The number of nitrogens with one attached hydrogen (secondary N) is 1. The largest absolute Gasteiger partial charge is 0.478 e. The van der Waals surface area contributed by atoms with E-state index in [0.717, 1.165) is 24.3 Å². The average molecular weight is 281 g/mol. The van der Waals surface area contributed by atoms with Gasteiger partial charge in [0, 0.05) is 18.3 Å². The van der Waals surface area contributed by atoms with E-state index in [1.54, 1.807) is 0 Å². The number of anilines is 1. The van der Waals surface area contributed by atoms with Crippen LogP contribution in [-0.2, 0) is 6.54 Å². The highest BCUT2D eigenvalue weighted by atomic mass is 19.2. The minimum absolute atomic E-state index is 0.155. The van der Waals surface area contributed by atoms with E-state index in [1.165, 1.54) is 12.1 Å². The second-order valence-corrected chi connectivity index (χ2v) is 4.10. The van der Waals surface area contributed by atoms with Crippen LogP contribution in [0.15, 0.2) is 36.4 Å². The van der Waals surface area contributed by atoms with E-state index >= 15 is 0 Å². The number of carboxylic acid groups (broad SMARTS) is 1. The highest BCUT2D eigenvalue weighted by Crippen LogP contribution is 2.15. The predicted octanol–water partition coefficient (Wildman–Crippen LogP) is 3.41. The van der Waals surface area contributed by atoms with E-state index < -0.39 is 29.0 Å². The van der Waals surface area contributed by atoms with Gasteiger partial charge < -0.3 is 10.4 Å². The smallest absolute Gasteiger partial charge is 0.338 e. The van der Waals surface area contributed by atoms with Crippen LogP contribution in [0.4, 0.5) is 18.9 Å². The predicted molar refractivity (Wildman–Crippen MR) is 67.0 cm³/mol. The molecule has 0 heterocycles. The number of carboxylic acids is 1. The van der Waals surface area contributed by atoms with Gasteiger partial charge in [0.25, 0.3) is 0 Å². The number of aromatic carboxylic acids is 1. The maximum absolute atomic E-state index is 13.4. The average Bonchev–Trinajstić information content (AvgIpc) is 2.40. The zero-order valence-electron chi connectivity index (χ0n) is 10.2. The first-order valence-electron chi connectivity index (χ1n) is 5.68. The molecule has 0 saturated heterocycles. The number of hydrogen-bond donors (Lipinski definition) is 2. The molecule has 2 rings (SSSR count). The van der Waals surface area contributed by atoms with Crippen LogP contribution < -0.4 is 5.32 Å². The van der Waals surface area contributed by atoms with Gasteiger partial charge in [0.1, 0.15) is 5.82 Å². The standard InChI is InChI=1S/C14H10F3NO2/c15-11-4-2-9(6-13(11)17)18-7-8-1-3-10(14(19)20)12(16)5-8/h1-6,18H,7H2,(H,19,20). The summed E-state index contributed by atoms with van der Waals surface area (Å²) >= 11 is 0. The zero-order valence-corrected chi connectivity index (χ0v) is 10.2. The molecule has 6 heteroatoms. The van der Waals surface area contributed by atoms with Crippen molar-refractivity contribution in [2.75, 3.05) is 5.32 Å². The highest BCUT2D eigenvalue weighted by molar-refractivity contribution is 5.87. The Morgan fingerprint density at radius 3 is 2.35 bits per heavy atom. The molecule has 2 N–H and O–H groups in total. The van der Waals surface area contributed by atoms with E-state index in [-0.39, 0.29) is 6.54 Å². The zero-order chi connectivity index (χ0) is 14.7. The second kappa shape index (κ2) is 5.64. The molecule has 0 spiro atoms. The van der Waals surface area contributed by atoms with Crippen LogP contribution in [0.3, 0.4) is 0 Å². The van der Waals surface area contributed by atoms with Gasteiger partial charge in [-0.25, -0.2) is 18.0 Å². The van der Waals surface area contributed by atoms with Gasteiger partial charge >= 0.3 is 5.97 Å². The number of carbonyl (C=O) groups is 1. The van der Waals surface area contributed by atoms with Crippen molar-refractivity contribution in [2.24, 2.45) is 0 Å². The summed E-state index contributed by atoms with van der Waals surface area (Å²) < 4.78 is 39.1. The van der Waals surface area contributed by atoms with Gasteiger partial charge in [-0.3, -0.25) is 0 Å². The third-order valence-electron chi connectivity index (χ3n) is 2.68. The third-order valence-corrected chi connectivity index (χ3v) is 2.68. The topological polar surface area (TPSA) is 49.3 Å². The molecule has 0 aromatic heterocycles. The number of rotatable bonds is 4. The molecular weight excluding hydrogens is 271 g/mol. The Labute approximate surface area is 112 Å². The molecule has 0 atom stereocenters. The summed E-state index contributed by atoms with van der Waals surface area (Å²) in [5, 5.41) is 11.5. The Kier molecular flexibility index (Phi) is 3.93. The molecule has 0 bridgehead atoms. The van der Waals surface area contributed by atoms with Gasteiger partial charge in [-0.2, -0.15) is 0 Å². The summed E-state index contributed by atoms with van der Waals surface area (Å²) in [7, 11) is 0. The number of halogens is 3. The van der Waals surface area contributed by atoms with E-state index in [9.17, 15) is 18.0 Å². The minimum atomic E-state index is -1.34. The summed E-state index contributed by atoms with van der Waals surface area (Å²) in [5.74, 6) is -4.13. The molecule has 2 aromatic rings. The Hall–Kier alpha value is -2.50. The summed E-state index contributed by atoms with van der Waals surface area (Å²) in [4.78, 5) is 10.6. The first-order valence-corrected chi connectivity index (χ1v) is 5.68. The van der Waals surface area contributed by atoms with Gasteiger partial charge in [-0.1, -0.05) is 6.07 Å². The van der Waals surface area contributed by atoms with Gasteiger partial charge in [-0.05, 0) is 29.8 Å². The van der Waals surface area contributed by atoms with Gasteiger partial charge in [0.15, 0.2) is 11.6 Å². The molecule has 0 aliphatic rings. The van der Waals surface area contributed by atoms with Gasteiger partial charge in [0.05, 0.1) is 5.56 Å². The molecular formula is C14H10F3NO2. The van der Waals surface area contributed by atoms with Gasteiger partial charge in [0.2, 0.25) is 0 Å². The number of benzene rings is 2. The van der Waals surface area contributed by atoms with E-state index in [1.807, 2.05) is 0 Å². The molecule has 104 valence electrons. The van der Waals surface area contributed by atoms with Crippen molar-refractivity contribution in [3.05, 3.63) is 65.0 Å². The molecule has 3 nitrogen and oxygen atoms in total. The van der Waals surface area contributed by atoms with Crippen LogP contribution in [0.2, 0.25) is 0 Å². The van der Waals surface area contributed by atoms with E-state index in [0.29, 0.717) is 11.3 Å². The van der Waals surface area contributed by atoms with Gasteiger partial charge in [-0.15, -0.1) is 0 Å². The van der Waals surface area contributed by atoms with Crippen molar-refractivity contribution in [3.63, 3.8) is 0 Å². The van der Waals surface area contributed by atoms with Crippen LogP contribution in [-0.4, -0.2) is 11.1 Å². The van der Waals surface area contributed by atoms with Crippen LogP contribution in [0.5, 0.6) is 0 Å². The lowest BCUT2D eigenvalue weighted by molar-refractivity contribution is 0.0692. The quantitative estimate of drug-likeness (QED) is 0.902.